The number of nitrogens with one attached hydrogen (secondary N) is 1. The largest absolute Gasteiger partial charge is 0.377 e. The number of rotatable bonds is 3. The minimum atomic E-state index is -3.11. The lowest BCUT2D eigenvalue weighted by atomic mass is 10.0. The Morgan fingerprint density at radius 1 is 1.33 bits per heavy atom. The molecule has 0 spiro atoms. The van der Waals surface area contributed by atoms with Gasteiger partial charge in [-0.2, -0.15) is 4.31 Å². The standard InChI is InChI=1S/C12H24N2O3S/c1-11-9-14(7-2-8-17-11)18(15,16)10-12-3-5-13-6-4-12/h11-13H,2-10H2,1H3. The molecule has 2 fully saturated rings. The van der Waals surface area contributed by atoms with Gasteiger partial charge in [-0.15, -0.1) is 0 Å². The molecule has 0 aromatic heterocycles. The maximum Gasteiger partial charge on any atom is 0.214 e. The zero-order valence-electron chi connectivity index (χ0n) is 11.1. The molecule has 1 atom stereocenters. The molecular weight excluding hydrogens is 252 g/mol. The van der Waals surface area contributed by atoms with Crippen molar-refractivity contribution in [3.05, 3.63) is 0 Å². The van der Waals surface area contributed by atoms with E-state index in [2.05, 4.69) is 5.32 Å². The SMILES string of the molecule is CC1CN(S(=O)(=O)CC2CCNCC2)CCCO1. The van der Waals surface area contributed by atoms with Crippen molar-refractivity contribution in [2.75, 3.05) is 38.5 Å². The van der Waals surface area contributed by atoms with E-state index in [0.29, 0.717) is 31.4 Å². The Kier molecular flexibility index (Phi) is 5.00. The highest BCUT2D eigenvalue weighted by molar-refractivity contribution is 7.89. The minimum Gasteiger partial charge on any atom is -0.377 e. The maximum atomic E-state index is 12.4. The number of hydrogen-bond donors (Lipinski definition) is 1. The van der Waals surface area contributed by atoms with Gasteiger partial charge in [0, 0.05) is 19.7 Å². The van der Waals surface area contributed by atoms with Crippen LogP contribution in [0.3, 0.4) is 0 Å². The van der Waals surface area contributed by atoms with Crippen LogP contribution in [0.15, 0.2) is 0 Å². The lowest BCUT2D eigenvalue weighted by Gasteiger charge is -2.27. The average molecular weight is 276 g/mol. The van der Waals surface area contributed by atoms with Crippen LogP contribution in [-0.2, 0) is 14.8 Å². The average Bonchev–Trinajstić information content (AvgIpc) is 2.55. The lowest BCUT2D eigenvalue weighted by molar-refractivity contribution is 0.0751. The number of nitrogens with zero attached hydrogens (tertiary/aromatic N) is 1. The molecule has 0 saturated carbocycles. The molecule has 0 aliphatic carbocycles. The van der Waals surface area contributed by atoms with Crippen molar-refractivity contribution < 1.29 is 13.2 Å². The van der Waals surface area contributed by atoms with Crippen LogP contribution in [-0.4, -0.2) is 57.4 Å². The Morgan fingerprint density at radius 3 is 2.78 bits per heavy atom. The van der Waals surface area contributed by atoms with Gasteiger partial charge in [-0.25, -0.2) is 8.42 Å². The monoisotopic (exact) mass is 276 g/mol. The van der Waals surface area contributed by atoms with Crippen molar-refractivity contribution in [1.82, 2.24) is 9.62 Å². The van der Waals surface area contributed by atoms with Gasteiger partial charge in [0.25, 0.3) is 0 Å². The van der Waals surface area contributed by atoms with Crippen LogP contribution in [0.25, 0.3) is 0 Å². The zero-order valence-corrected chi connectivity index (χ0v) is 11.9. The molecule has 2 aliphatic heterocycles. The molecule has 0 aromatic rings. The first-order valence-electron chi connectivity index (χ1n) is 6.88. The van der Waals surface area contributed by atoms with Gasteiger partial charge in [0.05, 0.1) is 11.9 Å². The van der Waals surface area contributed by atoms with E-state index < -0.39 is 10.0 Å². The van der Waals surface area contributed by atoms with Gasteiger partial charge in [0.15, 0.2) is 0 Å². The third kappa shape index (κ3) is 3.91. The number of sulfonamides is 1. The molecule has 2 saturated heterocycles. The topological polar surface area (TPSA) is 58.6 Å². The summed E-state index contributed by atoms with van der Waals surface area (Å²) in [7, 11) is -3.11. The van der Waals surface area contributed by atoms with Crippen LogP contribution >= 0.6 is 0 Å². The van der Waals surface area contributed by atoms with Crippen molar-refractivity contribution in [3.63, 3.8) is 0 Å². The Bertz CT molecular complexity index is 352. The molecule has 2 aliphatic rings. The zero-order chi connectivity index (χ0) is 13.0. The molecule has 106 valence electrons. The fourth-order valence-corrected chi connectivity index (χ4v) is 4.64. The van der Waals surface area contributed by atoms with E-state index in [9.17, 15) is 8.42 Å². The van der Waals surface area contributed by atoms with Crippen LogP contribution < -0.4 is 5.32 Å². The van der Waals surface area contributed by atoms with Crippen molar-refractivity contribution in [3.8, 4) is 0 Å². The summed E-state index contributed by atoms with van der Waals surface area (Å²) in [5.74, 6) is 0.622. The molecule has 5 nitrogen and oxygen atoms in total. The van der Waals surface area contributed by atoms with Gasteiger partial charge in [-0.05, 0) is 45.2 Å². The normalized spacial score (nSPS) is 29.1. The molecule has 0 bridgehead atoms. The van der Waals surface area contributed by atoms with Gasteiger partial charge in [0.2, 0.25) is 10.0 Å². The van der Waals surface area contributed by atoms with E-state index in [0.717, 1.165) is 32.4 Å². The Hall–Kier alpha value is -0.170. The molecule has 2 heterocycles. The predicted octanol–water partition coefficient (Wildman–Crippen LogP) is 0.427. The summed E-state index contributed by atoms with van der Waals surface area (Å²) in [6, 6.07) is 0. The van der Waals surface area contributed by atoms with Crippen molar-refractivity contribution in [2.45, 2.75) is 32.3 Å². The molecule has 6 heteroatoms. The lowest BCUT2D eigenvalue weighted by Crippen LogP contribution is -2.40. The molecule has 18 heavy (non-hydrogen) atoms. The first-order valence-corrected chi connectivity index (χ1v) is 8.49. The highest BCUT2D eigenvalue weighted by Crippen LogP contribution is 2.18. The van der Waals surface area contributed by atoms with E-state index >= 15 is 0 Å². The molecule has 2 rings (SSSR count). The van der Waals surface area contributed by atoms with Gasteiger partial charge in [0.1, 0.15) is 0 Å². The van der Waals surface area contributed by atoms with Crippen molar-refractivity contribution in [1.29, 1.82) is 0 Å². The molecule has 1 N–H and O–H groups in total. The third-order valence-corrected chi connectivity index (χ3v) is 5.72. The van der Waals surface area contributed by atoms with Crippen molar-refractivity contribution >= 4 is 10.0 Å². The molecular formula is C12H24N2O3S. The van der Waals surface area contributed by atoms with Crippen molar-refractivity contribution in [2.24, 2.45) is 5.92 Å². The summed E-state index contributed by atoms with van der Waals surface area (Å²) in [5.41, 5.74) is 0. The molecule has 1 unspecified atom stereocenters. The number of hydrogen-bond acceptors (Lipinski definition) is 4. The van der Waals surface area contributed by atoms with Crippen LogP contribution in [0.2, 0.25) is 0 Å². The van der Waals surface area contributed by atoms with E-state index in [1.165, 1.54) is 0 Å². The van der Waals surface area contributed by atoms with Gasteiger partial charge in [-0.1, -0.05) is 0 Å². The highest BCUT2D eigenvalue weighted by atomic mass is 32.2. The van der Waals surface area contributed by atoms with Gasteiger partial charge < -0.3 is 10.1 Å². The van der Waals surface area contributed by atoms with Crippen LogP contribution in [0.1, 0.15) is 26.2 Å². The summed E-state index contributed by atoms with van der Waals surface area (Å²) in [6.07, 6.45) is 2.75. The van der Waals surface area contributed by atoms with E-state index in [4.69, 9.17) is 4.74 Å². The second-order valence-electron chi connectivity index (χ2n) is 5.36. The van der Waals surface area contributed by atoms with Crippen LogP contribution in [0, 0.1) is 5.92 Å². The molecule has 0 aromatic carbocycles. The second kappa shape index (κ2) is 6.32. The molecule has 0 radical (unpaired) electrons. The quantitative estimate of drug-likeness (QED) is 0.812. The second-order valence-corrected chi connectivity index (χ2v) is 7.38. The third-order valence-electron chi connectivity index (χ3n) is 3.71. The Balaban J connectivity index is 1.95. The van der Waals surface area contributed by atoms with Crippen LogP contribution in [0.5, 0.6) is 0 Å². The summed E-state index contributed by atoms with van der Waals surface area (Å²) in [6.45, 7) is 5.61. The summed E-state index contributed by atoms with van der Waals surface area (Å²) in [4.78, 5) is 0. The van der Waals surface area contributed by atoms with E-state index in [1.807, 2.05) is 6.92 Å². The number of piperidine rings is 1. The Labute approximate surface area is 110 Å². The molecule has 0 amide bonds. The smallest absolute Gasteiger partial charge is 0.214 e. The number of ether oxygens (including phenoxy) is 1. The Morgan fingerprint density at radius 2 is 2.06 bits per heavy atom. The van der Waals surface area contributed by atoms with Gasteiger partial charge in [-0.3, -0.25) is 0 Å². The van der Waals surface area contributed by atoms with E-state index in [1.54, 1.807) is 4.31 Å². The van der Waals surface area contributed by atoms with Gasteiger partial charge >= 0.3 is 0 Å². The maximum absolute atomic E-state index is 12.4. The fraction of sp³-hybridized carbons (Fsp3) is 1.00. The summed E-state index contributed by atoms with van der Waals surface area (Å²) in [5, 5.41) is 3.27. The predicted molar refractivity (Wildman–Crippen MR) is 71.0 cm³/mol. The van der Waals surface area contributed by atoms with Crippen LogP contribution in [0.4, 0.5) is 0 Å². The van der Waals surface area contributed by atoms with E-state index in [-0.39, 0.29) is 6.10 Å². The first kappa shape index (κ1) is 14.2. The summed E-state index contributed by atoms with van der Waals surface area (Å²) >= 11 is 0. The minimum absolute atomic E-state index is 0.00953. The fourth-order valence-electron chi connectivity index (χ4n) is 2.66. The highest BCUT2D eigenvalue weighted by Gasteiger charge is 2.29. The first-order chi connectivity index (χ1) is 8.58. The summed E-state index contributed by atoms with van der Waals surface area (Å²) < 4.78 is 31.9.